The first-order valence-corrected chi connectivity index (χ1v) is 7.56. The van der Waals surface area contributed by atoms with E-state index >= 15 is 0 Å². The molecule has 0 aliphatic heterocycles. The summed E-state index contributed by atoms with van der Waals surface area (Å²) in [6, 6.07) is 3.22. The standard InChI is InChI=1S/C16H22N4O4.ClH/c1-19(2)9-5-7-17-11-6-8-18-15-12(23-3)10-13(24-4)16(14(11)15)20(21)22;/h6,8,10H,5,7,9H2,1-4H3,(H,17,18);1H. The minimum absolute atomic E-state index is 0. The van der Waals surface area contributed by atoms with Gasteiger partial charge in [0, 0.05) is 18.8 Å². The number of nitro benzene ring substituents is 1. The van der Waals surface area contributed by atoms with Crippen molar-refractivity contribution < 1.29 is 14.4 Å². The number of aromatic nitrogens is 1. The molecule has 0 saturated heterocycles. The fourth-order valence-electron chi connectivity index (χ4n) is 2.53. The van der Waals surface area contributed by atoms with Crippen LogP contribution in [0.25, 0.3) is 10.9 Å². The molecule has 0 spiro atoms. The van der Waals surface area contributed by atoms with Gasteiger partial charge in [0.15, 0.2) is 0 Å². The van der Waals surface area contributed by atoms with Gasteiger partial charge in [-0.15, -0.1) is 12.4 Å². The SMILES string of the molecule is COc1cc(OC)c2nccc(NCCCN(C)C)c2c1[N+](=O)[O-].Cl. The monoisotopic (exact) mass is 370 g/mol. The zero-order valence-corrected chi connectivity index (χ0v) is 15.6. The largest absolute Gasteiger partial charge is 0.494 e. The minimum atomic E-state index is -0.451. The van der Waals surface area contributed by atoms with E-state index in [1.165, 1.54) is 20.3 Å². The first-order valence-electron chi connectivity index (χ1n) is 7.56. The van der Waals surface area contributed by atoms with Gasteiger partial charge >= 0.3 is 5.69 Å². The van der Waals surface area contributed by atoms with Crippen LogP contribution in [0.3, 0.4) is 0 Å². The van der Waals surface area contributed by atoms with Crippen LogP contribution in [-0.2, 0) is 0 Å². The van der Waals surface area contributed by atoms with Crippen molar-refractivity contribution in [3.05, 3.63) is 28.4 Å². The third-order valence-electron chi connectivity index (χ3n) is 3.64. The molecule has 1 aromatic carbocycles. The highest BCUT2D eigenvalue weighted by molar-refractivity contribution is 6.03. The van der Waals surface area contributed by atoms with Crippen LogP contribution in [0.2, 0.25) is 0 Å². The number of ether oxygens (including phenoxy) is 2. The van der Waals surface area contributed by atoms with Crippen LogP contribution < -0.4 is 14.8 Å². The molecular formula is C16H23ClN4O4. The van der Waals surface area contributed by atoms with Crippen LogP contribution in [0.15, 0.2) is 18.3 Å². The second-order valence-corrected chi connectivity index (χ2v) is 5.55. The molecule has 0 saturated carbocycles. The summed E-state index contributed by atoms with van der Waals surface area (Å²) >= 11 is 0. The average molecular weight is 371 g/mol. The Morgan fingerprint density at radius 1 is 1.28 bits per heavy atom. The zero-order valence-electron chi connectivity index (χ0n) is 14.7. The van der Waals surface area contributed by atoms with E-state index in [0.29, 0.717) is 28.9 Å². The average Bonchev–Trinajstić information content (AvgIpc) is 2.56. The number of nitrogens with one attached hydrogen (secondary N) is 1. The van der Waals surface area contributed by atoms with E-state index in [9.17, 15) is 10.1 Å². The molecule has 2 aromatic rings. The van der Waals surface area contributed by atoms with Crippen molar-refractivity contribution in [2.24, 2.45) is 0 Å². The number of rotatable bonds is 8. The summed E-state index contributed by atoms with van der Waals surface area (Å²) in [6.45, 7) is 1.61. The molecule has 0 fully saturated rings. The summed E-state index contributed by atoms with van der Waals surface area (Å²) in [6.07, 6.45) is 2.51. The fourth-order valence-corrected chi connectivity index (χ4v) is 2.53. The summed E-state index contributed by atoms with van der Waals surface area (Å²) < 4.78 is 10.5. The highest BCUT2D eigenvalue weighted by Crippen LogP contribution is 2.43. The number of benzene rings is 1. The predicted molar refractivity (Wildman–Crippen MR) is 100 cm³/mol. The van der Waals surface area contributed by atoms with Crippen molar-refractivity contribution in [3.63, 3.8) is 0 Å². The summed E-state index contributed by atoms with van der Waals surface area (Å²) in [4.78, 5) is 17.5. The van der Waals surface area contributed by atoms with Crippen LogP contribution >= 0.6 is 12.4 Å². The smallest absolute Gasteiger partial charge is 0.322 e. The van der Waals surface area contributed by atoms with Crippen molar-refractivity contribution in [1.82, 2.24) is 9.88 Å². The number of pyridine rings is 1. The van der Waals surface area contributed by atoms with Gasteiger partial charge in [-0.2, -0.15) is 0 Å². The van der Waals surface area contributed by atoms with E-state index in [0.717, 1.165) is 13.0 Å². The quantitative estimate of drug-likeness (QED) is 0.434. The molecule has 0 atom stereocenters. The Morgan fingerprint density at radius 2 is 1.96 bits per heavy atom. The van der Waals surface area contributed by atoms with Gasteiger partial charge < -0.3 is 19.7 Å². The number of hydrogen-bond acceptors (Lipinski definition) is 7. The van der Waals surface area contributed by atoms with E-state index in [1.54, 1.807) is 12.3 Å². The molecule has 9 heteroatoms. The molecule has 8 nitrogen and oxygen atoms in total. The van der Waals surface area contributed by atoms with Crippen molar-refractivity contribution in [3.8, 4) is 11.5 Å². The van der Waals surface area contributed by atoms with Gasteiger partial charge in [0.2, 0.25) is 5.75 Å². The van der Waals surface area contributed by atoms with Crippen molar-refractivity contribution in [2.45, 2.75) is 6.42 Å². The number of halogens is 1. The molecule has 0 bridgehead atoms. The number of nitro groups is 1. The van der Waals surface area contributed by atoms with Crippen LogP contribution in [0.5, 0.6) is 11.5 Å². The first kappa shape index (κ1) is 20.7. The summed E-state index contributed by atoms with van der Waals surface area (Å²) in [5, 5.41) is 15.2. The number of fused-ring (bicyclic) bond motifs is 1. The van der Waals surface area contributed by atoms with Gasteiger partial charge in [-0.1, -0.05) is 0 Å². The van der Waals surface area contributed by atoms with Gasteiger partial charge in [-0.25, -0.2) is 0 Å². The lowest BCUT2D eigenvalue weighted by atomic mass is 10.1. The van der Waals surface area contributed by atoms with E-state index in [2.05, 4.69) is 15.2 Å². The molecule has 0 amide bonds. The van der Waals surface area contributed by atoms with Gasteiger partial charge in [-0.05, 0) is 33.1 Å². The Hall–Kier alpha value is -2.32. The van der Waals surface area contributed by atoms with Crippen molar-refractivity contribution in [2.75, 3.05) is 46.7 Å². The lowest BCUT2D eigenvalue weighted by molar-refractivity contribution is -0.383. The van der Waals surface area contributed by atoms with Crippen LogP contribution in [0.4, 0.5) is 11.4 Å². The Labute approximate surface area is 152 Å². The molecule has 1 heterocycles. The first-order chi connectivity index (χ1) is 11.5. The molecule has 1 aromatic heterocycles. The van der Waals surface area contributed by atoms with Crippen LogP contribution in [0, 0.1) is 10.1 Å². The van der Waals surface area contributed by atoms with Crippen LogP contribution in [0.1, 0.15) is 6.42 Å². The van der Waals surface area contributed by atoms with E-state index in [-0.39, 0.29) is 23.8 Å². The Bertz CT molecular complexity index is 740. The number of methoxy groups -OCH3 is 2. The second-order valence-electron chi connectivity index (χ2n) is 5.55. The molecule has 138 valence electrons. The Morgan fingerprint density at radius 3 is 2.52 bits per heavy atom. The second kappa shape index (κ2) is 9.24. The molecule has 0 radical (unpaired) electrons. The van der Waals surface area contributed by atoms with E-state index in [1.807, 2.05) is 14.1 Å². The Balaban J connectivity index is 0.00000312. The number of nitrogens with zero attached hydrogens (tertiary/aromatic N) is 3. The molecule has 0 aliphatic carbocycles. The van der Waals surface area contributed by atoms with E-state index in [4.69, 9.17) is 9.47 Å². The van der Waals surface area contributed by atoms with Crippen molar-refractivity contribution >= 4 is 34.7 Å². The van der Waals surface area contributed by atoms with Gasteiger partial charge in [0.1, 0.15) is 16.7 Å². The third-order valence-corrected chi connectivity index (χ3v) is 3.64. The lowest BCUT2D eigenvalue weighted by Gasteiger charge is -2.14. The summed E-state index contributed by atoms with van der Waals surface area (Å²) in [5.41, 5.74) is 0.960. The van der Waals surface area contributed by atoms with Crippen LogP contribution in [-0.4, -0.2) is 56.2 Å². The van der Waals surface area contributed by atoms with Gasteiger partial charge in [-0.3, -0.25) is 15.1 Å². The van der Waals surface area contributed by atoms with Gasteiger partial charge in [0.25, 0.3) is 0 Å². The summed E-state index contributed by atoms with van der Waals surface area (Å²) in [5.74, 6) is 0.582. The maximum absolute atomic E-state index is 11.6. The van der Waals surface area contributed by atoms with Gasteiger partial charge in [0.05, 0.1) is 24.8 Å². The molecule has 25 heavy (non-hydrogen) atoms. The molecule has 1 N–H and O–H groups in total. The number of anilines is 1. The molecule has 0 unspecified atom stereocenters. The van der Waals surface area contributed by atoms with Crippen molar-refractivity contribution in [1.29, 1.82) is 0 Å². The third kappa shape index (κ3) is 4.61. The molecule has 0 aliphatic rings. The molecule has 2 rings (SSSR count). The topological polar surface area (TPSA) is 89.8 Å². The molecular weight excluding hydrogens is 348 g/mol. The maximum atomic E-state index is 11.6. The lowest BCUT2D eigenvalue weighted by Crippen LogP contribution is -2.16. The number of hydrogen-bond donors (Lipinski definition) is 1. The highest BCUT2D eigenvalue weighted by atomic mass is 35.5. The predicted octanol–water partition coefficient (Wildman–Crippen LogP) is 2.95. The minimum Gasteiger partial charge on any atom is -0.494 e. The highest BCUT2D eigenvalue weighted by Gasteiger charge is 2.26. The maximum Gasteiger partial charge on any atom is 0.322 e. The summed E-state index contributed by atoms with van der Waals surface area (Å²) in [7, 11) is 6.90. The normalized spacial score (nSPS) is 10.4. The zero-order chi connectivity index (χ0) is 17.7. The Kier molecular flexibility index (Phi) is 7.66. The van der Waals surface area contributed by atoms with E-state index < -0.39 is 4.92 Å². The fraction of sp³-hybridized carbons (Fsp3) is 0.438.